The number of sulfonamides is 1. The monoisotopic (exact) mass is 582 g/mol. The fourth-order valence-electron chi connectivity index (χ4n) is 4.22. The molecule has 0 saturated carbocycles. The smallest absolute Gasteiger partial charge is 0.330 e. The number of benzene rings is 2. The van der Waals surface area contributed by atoms with Gasteiger partial charge in [0.1, 0.15) is 28.7 Å². The Morgan fingerprint density at radius 3 is 2.41 bits per heavy atom. The van der Waals surface area contributed by atoms with Crippen LogP contribution in [0.2, 0.25) is 0 Å². The van der Waals surface area contributed by atoms with Crippen LogP contribution in [-0.2, 0) is 19.7 Å². The Balaban J connectivity index is 1.35. The fraction of sp³-hybridized carbons (Fsp3) is 0.286. The number of hydroxylamine groups is 2. The van der Waals surface area contributed by atoms with Gasteiger partial charge >= 0.3 is 5.97 Å². The molecule has 0 unspecified atom stereocenters. The highest BCUT2D eigenvalue weighted by atomic mass is 32.2. The van der Waals surface area contributed by atoms with Crippen molar-refractivity contribution in [1.82, 2.24) is 20.0 Å². The van der Waals surface area contributed by atoms with Gasteiger partial charge in [0.2, 0.25) is 0 Å². The summed E-state index contributed by atoms with van der Waals surface area (Å²) in [6.07, 6.45) is 4.12. The van der Waals surface area contributed by atoms with Crippen molar-refractivity contribution in [3.05, 3.63) is 72.8 Å². The van der Waals surface area contributed by atoms with Crippen LogP contribution in [0.1, 0.15) is 20.8 Å². The first-order valence-electron chi connectivity index (χ1n) is 12.8. The normalized spacial score (nSPS) is 14.7. The third-order valence-corrected chi connectivity index (χ3v) is 7.84. The third-order valence-electron chi connectivity index (χ3n) is 6.51. The van der Waals surface area contributed by atoms with E-state index in [0.29, 0.717) is 48.9 Å². The highest BCUT2D eigenvalue weighted by molar-refractivity contribution is 7.92. The van der Waals surface area contributed by atoms with Gasteiger partial charge in [0.05, 0.1) is 29.7 Å². The number of anilines is 2. The number of fused-ring (bicyclic) bond motifs is 1. The number of aromatic nitrogens is 3. The molecule has 2 aromatic heterocycles. The lowest BCUT2D eigenvalue weighted by Crippen LogP contribution is -2.48. The van der Waals surface area contributed by atoms with E-state index in [1.165, 1.54) is 18.6 Å². The first kappa shape index (κ1) is 28.3. The molecule has 13 heteroatoms. The van der Waals surface area contributed by atoms with Gasteiger partial charge in [-0.05, 0) is 56.7 Å². The number of pyridine rings is 1. The second-order valence-corrected chi connectivity index (χ2v) is 12.3. The van der Waals surface area contributed by atoms with Crippen molar-refractivity contribution >= 4 is 38.4 Å². The van der Waals surface area contributed by atoms with Crippen LogP contribution in [0.3, 0.4) is 0 Å². The molecule has 1 fully saturated rings. The van der Waals surface area contributed by atoms with Crippen molar-refractivity contribution in [2.45, 2.75) is 25.7 Å². The lowest BCUT2D eigenvalue weighted by atomic mass is 9.98. The maximum atomic E-state index is 14.0. The molecule has 214 valence electrons. The van der Waals surface area contributed by atoms with Crippen molar-refractivity contribution in [2.24, 2.45) is 5.41 Å². The van der Waals surface area contributed by atoms with E-state index in [9.17, 15) is 22.0 Å². The van der Waals surface area contributed by atoms with Crippen LogP contribution in [-0.4, -0.2) is 60.6 Å². The Kier molecular flexibility index (Phi) is 7.58. The number of nitrogens with one attached hydrogen (secondary N) is 1. The molecule has 3 heterocycles. The summed E-state index contributed by atoms with van der Waals surface area (Å²) in [6.45, 7) is 7.66. The van der Waals surface area contributed by atoms with Crippen molar-refractivity contribution in [3.63, 3.8) is 0 Å². The Hall–Kier alpha value is -4.23. The number of carbonyl (C=O) groups excluding carboxylic acids is 1. The molecule has 0 amide bonds. The zero-order chi connectivity index (χ0) is 29.4. The van der Waals surface area contributed by atoms with E-state index < -0.39 is 27.1 Å². The average molecular weight is 583 g/mol. The first-order valence-corrected chi connectivity index (χ1v) is 14.3. The van der Waals surface area contributed by atoms with E-state index in [1.54, 1.807) is 5.06 Å². The van der Waals surface area contributed by atoms with Gasteiger partial charge in [-0.15, -0.1) is 5.06 Å². The van der Waals surface area contributed by atoms with E-state index in [2.05, 4.69) is 24.6 Å². The molecule has 1 saturated heterocycles. The molecule has 4 aromatic rings. The van der Waals surface area contributed by atoms with Gasteiger partial charge in [-0.2, -0.15) is 0 Å². The largest absolute Gasteiger partial charge is 0.367 e. The molecule has 10 nitrogen and oxygen atoms in total. The van der Waals surface area contributed by atoms with Gasteiger partial charge in [0, 0.05) is 42.5 Å². The Bertz CT molecular complexity index is 1720. The predicted octanol–water partition coefficient (Wildman–Crippen LogP) is 4.40. The SMILES string of the molecule is CC(C)(C)C(=O)ON1CCN(c2ncnc3cc(-c4cncc(S(=O)(=O)Nc5ccc(F)cc5F)c4)ccc23)CC1. The van der Waals surface area contributed by atoms with Crippen molar-refractivity contribution in [1.29, 1.82) is 0 Å². The van der Waals surface area contributed by atoms with Gasteiger partial charge in [-0.25, -0.2) is 32.0 Å². The predicted molar refractivity (Wildman–Crippen MR) is 149 cm³/mol. The van der Waals surface area contributed by atoms with Crippen LogP contribution >= 0.6 is 0 Å². The molecular formula is C28H28F2N6O4S. The van der Waals surface area contributed by atoms with Crippen LogP contribution in [0.15, 0.2) is 66.1 Å². The maximum Gasteiger partial charge on any atom is 0.330 e. The quantitative estimate of drug-likeness (QED) is 0.353. The molecule has 2 aromatic carbocycles. The second kappa shape index (κ2) is 11.0. The van der Waals surface area contributed by atoms with Crippen molar-refractivity contribution in [2.75, 3.05) is 35.8 Å². The first-order chi connectivity index (χ1) is 19.4. The summed E-state index contributed by atoms with van der Waals surface area (Å²) in [6, 6.07) is 9.47. The van der Waals surface area contributed by atoms with Crippen molar-refractivity contribution < 1.29 is 26.8 Å². The highest BCUT2D eigenvalue weighted by Crippen LogP contribution is 2.30. The van der Waals surface area contributed by atoms with E-state index in [4.69, 9.17) is 4.84 Å². The number of hydrogen-bond donors (Lipinski definition) is 1. The molecule has 1 aliphatic heterocycles. The van der Waals surface area contributed by atoms with Crippen LogP contribution in [0.5, 0.6) is 0 Å². The zero-order valence-electron chi connectivity index (χ0n) is 22.6. The van der Waals surface area contributed by atoms with Gasteiger partial charge in [-0.3, -0.25) is 9.71 Å². The molecular weight excluding hydrogens is 554 g/mol. The number of rotatable bonds is 6. The van der Waals surface area contributed by atoms with Crippen LogP contribution in [0.4, 0.5) is 20.3 Å². The third kappa shape index (κ3) is 6.25. The lowest BCUT2D eigenvalue weighted by Gasteiger charge is -2.35. The van der Waals surface area contributed by atoms with Crippen LogP contribution < -0.4 is 9.62 Å². The molecule has 5 rings (SSSR count). The molecule has 1 aliphatic rings. The van der Waals surface area contributed by atoms with E-state index >= 15 is 0 Å². The van der Waals surface area contributed by atoms with Gasteiger partial charge in [0.15, 0.2) is 0 Å². The lowest BCUT2D eigenvalue weighted by molar-refractivity contribution is -0.201. The molecule has 0 spiro atoms. The number of hydrogen-bond acceptors (Lipinski definition) is 9. The topological polar surface area (TPSA) is 118 Å². The minimum absolute atomic E-state index is 0.188. The Morgan fingerprint density at radius 1 is 0.951 bits per heavy atom. The molecule has 41 heavy (non-hydrogen) atoms. The van der Waals surface area contributed by atoms with Gasteiger partial charge in [0.25, 0.3) is 10.0 Å². The number of halogens is 2. The standard InChI is InChI=1S/C28H28F2N6O4S/c1-28(2,3)27(37)40-36-10-8-35(9-11-36)26-22-6-4-18(13-25(22)32-17-33-26)19-12-21(16-31-15-19)41(38,39)34-24-7-5-20(29)14-23(24)30/h4-7,12-17,34H,8-11H2,1-3H3. The molecule has 0 radical (unpaired) electrons. The molecule has 0 bridgehead atoms. The molecule has 1 N–H and O–H groups in total. The number of carbonyl (C=O) groups is 1. The number of nitrogens with zero attached hydrogens (tertiary/aromatic N) is 5. The highest BCUT2D eigenvalue weighted by Gasteiger charge is 2.28. The second-order valence-electron chi connectivity index (χ2n) is 10.6. The summed E-state index contributed by atoms with van der Waals surface area (Å²) in [4.78, 5) is 32.6. The van der Waals surface area contributed by atoms with E-state index in [-0.39, 0.29) is 16.6 Å². The molecule has 0 atom stereocenters. The summed E-state index contributed by atoms with van der Waals surface area (Å²) in [5, 5.41) is 2.47. The molecule has 0 aliphatic carbocycles. The number of piperazine rings is 1. The van der Waals surface area contributed by atoms with Crippen molar-refractivity contribution in [3.8, 4) is 11.1 Å². The minimum Gasteiger partial charge on any atom is -0.367 e. The van der Waals surface area contributed by atoms with Gasteiger partial charge < -0.3 is 9.74 Å². The Labute approximate surface area is 236 Å². The van der Waals surface area contributed by atoms with E-state index in [1.807, 2.05) is 39.0 Å². The minimum atomic E-state index is -4.21. The summed E-state index contributed by atoms with van der Waals surface area (Å²) in [5.41, 5.74) is 0.852. The van der Waals surface area contributed by atoms with Gasteiger partial charge in [-0.1, -0.05) is 6.07 Å². The summed E-state index contributed by atoms with van der Waals surface area (Å²) < 4.78 is 55.2. The Morgan fingerprint density at radius 2 is 1.71 bits per heavy atom. The van der Waals surface area contributed by atoms with Crippen LogP contribution in [0.25, 0.3) is 22.0 Å². The van der Waals surface area contributed by atoms with E-state index in [0.717, 1.165) is 29.5 Å². The zero-order valence-corrected chi connectivity index (χ0v) is 23.5. The maximum absolute atomic E-state index is 14.0. The fourth-order valence-corrected chi connectivity index (χ4v) is 5.27. The summed E-state index contributed by atoms with van der Waals surface area (Å²) in [5.74, 6) is -1.39. The average Bonchev–Trinajstić information content (AvgIpc) is 2.94. The summed E-state index contributed by atoms with van der Waals surface area (Å²) in [7, 11) is -4.21. The van der Waals surface area contributed by atoms with Crippen LogP contribution in [0, 0.1) is 17.0 Å². The summed E-state index contributed by atoms with van der Waals surface area (Å²) >= 11 is 0.